The molecule has 3 aromatic rings. The van der Waals surface area contributed by atoms with Crippen LogP contribution in [0.1, 0.15) is 42.5 Å². The lowest BCUT2D eigenvalue weighted by atomic mass is 9.89. The van der Waals surface area contributed by atoms with Gasteiger partial charge in [-0.25, -0.2) is 0 Å². The molecular weight excluding hydrogens is 386 g/mol. The second-order valence-corrected chi connectivity index (χ2v) is 8.15. The summed E-state index contributed by atoms with van der Waals surface area (Å²) >= 11 is 1.27. The van der Waals surface area contributed by atoms with E-state index in [9.17, 15) is 9.90 Å². The molecule has 29 heavy (non-hydrogen) atoms. The van der Waals surface area contributed by atoms with Gasteiger partial charge in [0, 0.05) is 0 Å². The van der Waals surface area contributed by atoms with Gasteiger partial charge in [-0.1, -0.05) is 30.0 Å². The van der Waals surface area contributed by atoms with Crippen LogP contribution in [0.15, 0.2) is 47.6 Å². The summed E-state index contributed by atoms with van der Waals surface area (Å²) in [5, 5.41) is 24.7. The van der Waals surface area contributed by atoms with Gasteiger partial charge in [0.15, 0.2) is 0 Å². The minimum atomic E-state index is -0.0690. The number of nitrogens with zero attached hydrogens (tertiary/aromatic N) is 4. The van der Waals surface area contributed by atoms with Crippen molar-refractivity contribution >= 4 is 17.7 Å². The van der Waals surface area contributed by atoms with E-state index < -0.39 is 0 Å². The van der Waals surface area contributed by atoms with Crippen molar-refractivity contribution in [2.75, 3.05) is 5.75 Å². The van der Waals surface area contributed by atoms with E-state index in [2.05, 4.69) is 39.0 Å². The zero-order valence-corrected chi connectivity index (χ0v) is 17.0. The highest BCUT2D eigenvalue weighted by Crippen LogP contribution is 2.25. The van der Waals surface area contributed by atoms with Gasteiger partial charge in [-0.2, -0.15) is 4.68 Å². The fourth-order valence-corrected chi connectivity index (χ4v) is 4.25. The summed E-state index contributed by atoms with van der Waals surface area (Å²) in [6, 6.07) is 13.1. The number of amides is 1. The molecule has 7 nitrogen and oxygen atoms in total. The number of aromatic hydroxyl groups is 1. The van der Waals surface area contributed by atoms with E-state index in [0.717, 1.165) is 24.1 Å². The first kappa shape index (κ1) is 19.4. The van der Waals surface area contributed by atoms with Crippen molar-refractivity contribution in [1.29, 1.82) is 0 Å². The molecule has 2 N–H and O–H groups in total. The summed E-state index contributed by atoms with van der Waals surface area (Å²) in [4.78, 5) is 12.5. The molecule has 1 amide bonds. The van der Waals surface area contributed by atoms with E-state index in [1.807, 2.05) is 6.92 Å². The van der Waals surface area contributed by atoms with Gasteiger partial charge in [0.1, 0.15) is 5.75 Å². The predicted molar refractivity (Wildman–Crippen MR) is 111 cm³/mol. The number of carbonyl (C=O) groups is 1. The third-order valence-electron chi connectivity index (χ3n) is 5.12. The summed E-state index contributed by atoms with van der Waals surface area (Å²) in [5.41, 5.74) is 4.71. The number of tetrazole rings is 1. The van der Waals surface area contributed by atoms with E-state index in [4.69, 9.17) is 0 Å². The third kappa shape index (κ3) is 4.59. The van der Waals surface area contributed by atoms with Crippen molar-refractivity contribution in [2.24, 2.45) is 0 Å². The number of benzene rings is 2. The number of rotatable bonds is 6. The maximum atomic E-state index is 12.5. The molecule has 1 aliphatic rings. The molecule has 0 aliphatic heterocycles. The highest BCUT2D eigenvalue weighted by atomic mass is 32.2. The molecule has 1 unspecified atom stereocenters. The molecule has 1 aliphatic carbocycles. The van der Waals surface area contributed by atoms with E-state index in [-0.39, 0.29) is 23.5 Å². The maximum Gasteiger partial charge on any atom is 0.230 e. The molecular formula is C21H23N5O2S. The normalized spacial score (nSPS) is 14.2. The minimum absolute atomic E-state index is 0.0524. The third-order valence-corrected chi connectivity index (χ3v) is 6.04. The lowest BCUT2D eigenvalue weighted by Gasteiger charge is -2.20. The van der Waals surface area contributed by atoms with Gasteiger partial charge in [-0.3, -0.25) is 4.79 Å². The van der Waals surface area contributed by atoms with Crippen LogP contribution in [0.25, 0.3) is 5.69 Å². The number of fused-ring (bicyclic) bond motifs is 1. The van der Waals surface area contributed by atoms with Crippen LogP contribution in [0.4, 0.5) is 0 Å². The first-order valence-corrected chi connectivity index (χ1v) is 10.7. The number of hydrogen-bond donors (Lipinski definition) is 2. The fourth-order valence-electron chi connectivity index (χ4n) is 3.54. The predicted octanol–water partition coefficient (Wildman–Crippen LogP) is 3.22. The van der Waals surface area contributed by atoms with Crippen LogP contribution in [0.3, 0.4) is 0 Å². The van der Waals surface area contributed by atoms with E-state index in [1.165, 1.54) is 35.7 Å². The van der Waals surface area contributed by atoms with Crippen molar-refractivity contribution in [1.82, 2.24) is 25.5 Å². The highest BCUT2D eigenvalue weighted by molar-refractivity contribution is 7.99. The molecule has 0 radical (unpaired) electrons. The zero-order valence-electron chi connectivity index (χ0n) is 16.2. The summed E-state index contributed by atoms with van der Waals surface area (Å²) in [5.74, 6) is 0.320. The number of phenolic OH excluding ortho intramolecular Hbond substituents is 1. The van der Waals surface area contributed by atoms with Gasteiger partial charge in [0.25, 0.3) is 0 Å². The smallest absolute Gasteiger partial charge is 0.230 e. The van der Waals surface area contributed by atoms with Crippen LogP contribution in [0, 0.1) is 0 Å². The van der Waals surface area contributed by atoms with Gasteiger partial charge in [0.05, 0.1) is 17.5 Å². The topological polar surface area (TPSA) is 92.9 Å². The molecule has 1 atom stereocenters. The first-order valence-electron chi connectivity index (χ1n) is 9.72. The number of aromatic nitrogens is 4. The second-order valence-electron chi connectivity index (χ2n) is 7.20. The van der Waals surface area contributed by atoms with Crippen molar-refractivity contribution < 1.29 is 9.90 Å². The SMILES string of the molecule is CC(NC(=O)CSc1nnnn1-c1ccc(O)cc1)c1ccc2c(c1)CCCC2. The van der Waals surface area contributed by atoms with Crippen LogP contribution in [-0.4, -0.2) is 37.0 Å². The number of thioether (sulfide) groups is 1. The molecule has 150 valence electrons. The minimum Gasteiger partial charge on any atom is -0.508 e. The van der Waals surface area contributed by atoms with Crippen LogP contribution in [0.2, 0.25) is 0 Å². The average molecular weight is 410 g/mol. The Balaban J connectivity index is 1.36. The lowest BCUT2D eigenvalue weighted by molar-refractivity contribution is -0.119. The summed E-state index contributed by atoms with van der Waals surface area (Å²) in [6.45, 7) is 2.01. The van der Waals surface area contributed by atoms with Crippen LogP contribution in [-0.2, 0) is 17.6 Å². The van der Waals surface area contributed by atoms with Gasteiger partial charge in [-0.15, -0.1) is 5.10 Å². The number of phenols is 1. The summed E-state index contributed by atoms with van der Waals surface area (Å²) in [6.07, 6.45) is 4.78. The Labute approximate surface area is 173 Å². The van der Waals surface area contributed by atoms with E-state index in [1.54, 1.807) is 28.9 Å². The largest absolute Gasteiger partial charge is 0.508 e. The average Bonchev–Trinajstić information content (AvgIpc) is 3.21. The molecule has 1 heterocycles. The molecule has 8 heteroatoms. The zero-order chi connectivity index (χ0) is 20.2. The van der Waals surface area contributed by atoms with Crippen LogP contribution >= 0.6 is 11.8 Å². The first-order chi connectivity index (χ1) is 14.1. The van der Waals surface area contributed by atoms with Crippen molar-refractivity contribution in [3.63, 3.8) is 0 Å². The monoisotopic (exact) mass is 409 g/mol. The van der Waals surface area contributed by atoms with Gasteiger partial charge in [-0.05, 0) is 84.0 Å². The molecule has 0 spiro atoms. The van der Waals surface area contributed by atoms with E-state index in [0.29, 0.717) is 5.16 Å². The maximum absolute atomic E-state index is 12.5. The Bertz CT molecular complexity index is 1000. The number of carbonyl (C=O) groups excluding carboxylic acids is 1. The Morgan fingerprint density at radius 2 is 1.93 bits per heavy atom. The Morgan fingerprint density at radius 3 is 2.72 bits per heavy atom. The van der Waals surface area contributed by atoms with Gasteiger partial charge >= 0.3 is 0 Å². The molecule has 0 fully saturated rings. The van der Waals surface area contributed by atoms with Crippen molar-refractivity contribution in [3.8, 4) is 11.4 Å². The molecule has 2 aromatic carbocycles. The molecule has 0 saturated carbocycles. The Morgan fingerprint density at radius 1 is 1.17 bits per heavy atom. The molecule has 1 aromatic heterocycles. The Hall–Kier alpha value is -2.87. The second kappa shape index (κ2) is 8.65. The fraction of sp³-hybridized carbons (Fsp3) is 0.333. The quantitative estimate of drug-likeness (QED) is 0.607. The molecule has 4 rings (SSSR count). The lowest BCUT2D eigenvalue weighted by Crippen LogP contribution is -2.28. The number of hydrogen-bond acceptors (Lipinski definition) is 6. The summed E-state index contributed by atoms with van der Waals surface area (Å²) in [7, 11) is 0. The highest BCUT2D eigenvalue weighted by Gasteiger charge is 2.16. The van der Waals surface area contributed by atoms with E-state index >= 15 is 0 Å². The van der Waals surface area contributed by atoms with Crippen molar-refractivity contribution in [2.45, 2.75) is 43.8 Å². The summed E-state index contributed by atoms with van der Waals surface area (Å²) < 4.78 is 1.55. The molecule has 0 saturated heterocycles. The van der Waals surface area contributed by atoms with Crippen molar-refractivity contribution in [3.05, 3.63) is 59.2 Å². The van der Waals surface area contributed by atoms with Crippen LogP contribution < -0.4 is 5.32 Å². The number of aryl methyl sites for hydroxylation is 2. The van der Waals surface area contributed by atoms with Crippen LogP contribution in [0.5, 0.6) is 5.75 Å². The number of nitrogens with one attached hydrogen (secondary N) is 1. The molecule has 0 bridgehead atoms. The van der Waals surface area contributed by atoms with Gasteiger partial charge in [0.2, 0.25) is 11.1 Å². The Kier molecular flexibility index (Phi) is 5.80. The van der Waals surface area contributed by atoms with Gasteiger partial charge < -0.3 is 10.4 Å². The standard InChI is InChI=1S/C21H23N5O2S/c1-14(16-7-6-15-4-2-3-5-17(15)12-16)22-20(28)13-29-21-23-24-25-26(21)18-8-10-19(27)11-9-18/h6-12,14,27H,2-5,13H2,1H3,(H,22,28).